The van der Waals surface area contributed by atoms with Crippen molar-refractivity contribution in [2.75, 3.05) is 40.3 Å². The average molecular weight is 264 g/mol. The van der Waals surface area contributed by atoms with Crippen molar-refractivity contribution in [1.29, 1.82) is 0 Å². The van der Waals surface area contributed by atoms with Crippen LogP contribution in [0.4, 0.5) is 0 Å². The zero-order valence-corrected chi connectivity index (χ0v) is 11.9. The van der Waals surface area contributed by atoms with E-state index in [2.05, 4.69) is 34.6 Å². The minimum Gasteiger partial charge on any atom is -0.352 e. The molecular formula is C14H24N4O. The minimum absolute atomic E-state index is 0.0549. The van der Waals surface area contributed by atoms with Gasteiger partial charge in [-0.25, -0.2) is 0 Å². The number of nitrogens with one attached hydrogen (secondary N) is 2. The van der Waals surface area contributed by atoms with E-state index in [4.69, 9.17) is 0 Å². The molecule has 1 aromatic heterocycles. The van der Waals surface area contributed by atoms with Crippen molar-refractivity contribution in [3.05, 3.63) is 30.1 Å². The largest absolute Gasteiger partial charge is 0.352 e. The SMILES string of the molecule is CN(C)CCCNCCCNC(=O)c1cccnc1. The topological polar surface area (TPSA) is 57.3 Å². The molecule has 0 spiro atoms. The first-order chi connectivity index (χ1) is 9.20. The molecule has 0 unspecified atom stereocenters. The minimum atomic E-state index is -0.0549. The smallest absolute Gasteiger partial charge is 0.252 e. The Balaban J connectivity index is 1.98. The van der Waals surface area contributed by atoms with Gasteiger partial charge in [-0.15, -0.1) is 0 Å². The van der Waals surface area contributed by atoms with Gasteiger partial charge in [-0.3, -0.25) is 9.78 Å². The predicted octanol–water partition coefficient (Wildman–Crippen LogP) is 0.743. The molecule has 0 saturated carbocycles. The molecule has 0 aromatic carbocycles. The van der Waals surface area contributed by atoms with Crippen molar-refractivity contribution in [3.63, 3.8) is 0 Å². The second-order valence-electron chi connectivity index (χ2n) is 4.76. The Labute approximate surface area is 115 Å². The maximum atomic E-state index is 11.7. The Morgan fingerprint density at radius 1 is 1.26 bits per heavy atom. The number of rotatable bonds is 9. The van der Waals surface area contributed by atoms with E-state index in [9.17, 15) is 4.79 Å². The lowest BCUT2D eigenvalue weighted by molar-refractivity contribution is 0.0953. The molecule has 0 aliphatic rings. The summed E-state index contributed by atoms with van der Waals surface area (Å²) in [7, 11) is 4.15. The highest BCUT2D eigenvalue weighted by atomic mass is 16.1. The quantitative estimate of drug-likeness (QED) is 0.646. The van der Waals surface area contributed by atoms with Crippen LogP contribution in [0.3, 0.4) is 0 Å². The van der Waals surface area contributed by atoms with Crippen molar-refractivity contribution < 1.29 is 4.79 Å². The van der Waals surface area contributed by atoms with Crippen LogP contribution in [0.25, 0.3) is 0 Å². The van der Waals surface area contributed by atoms with Gasteiger partial charge < -0.3 is 15.5 Å². The van der Waals surface area contributed by atoms with Crippen molar-refractivity contribution >= 4 is 5.91 Å². The molecule has 106 valence electrons. The standard InChI is InChI=1S/C14H24N4O/c1-18(2)11-5-9-15-8-4-10-17-14(19)13-6-3-7-16-12-13/h3,6-7,12,15H,4-5,8-11H2,1-2H3,(H,17,19). The Morgan fingerprint density at radius 3 is 2.74 bits per heavy atom. The van der Waals surface area contributed by atoms with Crippen LogP contribution in [0.5, 0.6) is 0 Å². The molecule has 1 heterocycles. The molecule has 19 heavy (non-hydrogen) atoms. The molecule has 0 bridgehead atoms. The Morgan fingerprint density at radius 2 is 2.05 bits per heavy atom. The molecule has 1 amide bonds. The van der Waals surface area contributed by atoms with Crippen LogP contribution in [0, 0.1) is 0 Å². The van der Waals surface area contributed by atoms with Crippen LogP contribution in [0.2, 0.25) is 0 Å². The molecule has 0 saturated heterocycles. The summed E-state index contributed by atoms with van der Waals surface area (Å²) in [5.41, 5.74) is 0.612. The molecule has 0 aliphatic heterocycles. The average Bonchev–Trinajstić information content (AvgIpc) is 2.42. The third-order valence-electron chi connectivity index (χ3n) is 2.70. The highest BCUT2D eigenvalue weighted by molar-refractivity contribution is 5.93. The maximum Gasteiger partial charge on any atom is 0.252 e. The van der Waals surface area contributed by atoms with Crippen LogP contribution in [0.1, 0.15) is 23.2 Å². The van der Waals surface area contributed by atoms with Gasteiger partial charge in [-0.2, -0.15) is 0 Å². The third kappa shape index (κ3) is 7.54. The fourth-order valence-electron chi connectivity index (χ4n) is 1.66. The number of hydrogen-bond donors (Lipinski definition) is 2. The van der Waals surface area contributed by atoms with Crippen LogP contribution in [-0.2, 0) is 0 Å². The second kappa shape index (κ2) is 9.47. The van der Waals surface area contributed by atoms with E-state index in [0.29, 0.717) is 12.1 Å². The monoisotopic (exact) mass is 264 g/mol. The summed E-state index contributed by atoms with van der Waals surface area (Å²) in [5.74, 6) is -0.0549. The number of hydrogen-bond acceptors (Lipinski definition) is 4. The van der Waals surface area contributed by atoms with Crippen LogP contribution < -0.4 is 10.6 Å². The first kappa shape index (κ1) is 15.6. The predicted molar refractivity (Wildman–Crippen MR) is 77.2 cm³/mol. The number of nitrogens with zero attached hydrogens (tertiary/aromatic N) is 2. The summed E-state index contributed by atoms with van der Waals surface area (Å²) < 4.78 is 0. The zero-order valence-electron chi connectivity index (χ0n) is 11.9. The van der Waals surface area contributed by atoms with Crippen molar-refractivity contribution in [2.24, 2.45) is 0 Å². The molecule has 1 aromatic rings. The molecule has 5 nitrogen and oxygen atoms in total. The van der Waals surface area contributed by atoms with E-state index in [-0.39, 0.29) is 5.91 Å². The molecule has 1 rings (SSSR count). The summed E-state index contributed by atoms with van der Waals surface area (Å²) in [6.07, 6.45) is 5.33. The Bertz CT molecular complexity index is 354. The number of carbonyl (C=O) groups is 1. The van der Waals surface area contributed by atoms with Gasteiger partial charge in [-0.05, 0) is 58.7 Å². The Kier molecular flexibility index (Phi) is 7.77. The van der Waals surface area contributed by atoms with Gasteiger partial charge in [0.05, 0.1) is 5.56 Å². The molecule has 0 atom stereocenters. The summed E-state index contributed by atoms with van der Waals surface area (Å²) in [6, 6.07) is 3.53. The lowest BCUT2D eigenvalue weighted by atomic mass is 10.2. The summed E-state index contributed by atoms with van der Waals surface area (Å²) in [5, 5.41) is 6.24. The maximum absolute atomic E-state index is 11.7. The van der Waals surface area contributed by atoms with Crippen molar-refractivity contribution in [1.82, 2.24) is 20.5 Å². The van der Waals surface area contributed by atoms with Crippen LogP contribution >= 0.6 is 0 Å². The van der Waals surface area contributed by atoms with Gasteiger partial charge in [0, 0.05) is 18.9 Å². The highest BCUT2D eigenvalue weighted by Gasteiger charge is 2.02. The van der Waals surface area contributed by atoms with Gasteiger partial charge in [0.2, 0.25) is 0 Å². The van der Waals surface area contributed by atoms with Gasteiger partial charge in [0.25, 0.3) is 5.91 Å². The number of aromatic nitrogens is 1. The summed E-state index contributed by atoms with van der Waals surface area (Å²) in [6.45, 7) is 3.74. The molecule has 0 fully saturated rings. The van der Waals surface area contributed by atoms with E-state index in [1.165, 1.54) is 0 Å². The van der Waals surface area contributed by atoms with Gasteiger partial charge in [-0.1, -0.05) is 0 Å². The van der Waals surface area contributed by atoms with E-state index in [0.717, 1.165) is 32.5 Å². The van der Waals surface area contributed by atoms with Crippen molar-refractivity contribution in [2.45, 2.75) is 12.8 Å². The first-order valence-electron chi connectivity index (χ1n) is 6.74. The molecule has 2 N–H and O–H groups in total. The van der Waals surface area contributed by atoms with E-state index >= 15 is 0 Å². The van der Waals surface area contributed by atoms with Crippen LogP contribution in [-0.4, -0.2) is 56.1 Å². The second-order valence-corrected chi connectivity index (χ2v) is 4.76. The zero-order chi connectivity index (χ0) is 13.9. The van der Waals surface area contributed by atoms with Gasteiger partial charge >= 0.3 is 0 Å². The fourth-order valence-corrected chi connectivity index (χ4v) is 1.66. The summed E-state index contributed by atoms with van der Waals surface area (Å²) in [4.78, 5) is 17.8. The first-order valence-corrected chi connectivity index (χ1v) is 6.74. The van der Waals surface area contributed by atoms with Gasteiger partial charge in [0.1, 0.15) is 0 Å². The van der Waals surface area contributed by atoms with Gasteiger partial charge in [0.15, 0.2) is 0 Å². The van der Waals surface area contributed by atoms with E-state index < -0.39 is 0 Å². The molecule has 0 aliphatic carbocycles. The number of amides is 1. The highest BCUT2D eigenvalue weighted by Crippen LogP contribution is 1.94. The molecule has 5 heteroatoms. The third-order valence-corrected chi connectivity index (χ3v) is 2.70. The van der Waals surface area contributed by atoms with E-state index in [1.807, 2.05) is 0 Å². The summed E-state index contributed by atoms with van der Waals surface area (Å²) >= 11 is 0. The molecule has 0 radical (unpaired) electrons. The van der Waals surface area contributed by atoms with E-state index in [1.54, 1.807) is 24.5 Å². The number of carbonyl (C=O) groups excluding carboxylic acids is 1. The molecular weight excluding hydrogens is 240 g/mol. The number of pyridine rings is 1. The Hall–Kier alpha value is -1.46. The van der Waals surface area contributed by atoms with Crippen LogP contribution in [0.15, 0.2) is 24.5 Å². The lowest BCUT2D eigenvalue weighted by Crippen LogP contribution is -2.28. The normalized spacial score (nSPS) is 10.7. The fraction of sp³-hybridized carbons (Fsp3) is 0.571. The van der Waals surface area contributed by atoms with Crippen molar-refractivity contribution in [3.8, 4) is 0 Å². The lowest BCUT2D eigenvalue weighted by Gasteiger charge is -2.10.